The topological polar surface area (TPSA) is 55.1 Å². The van der Waals surface area contributed by atoms with Crippen LogP contribution >= 0.6 is 0 Å². The van der Waals surface area contributed by atoms with Crippen molar-refractivity contribution in [3.05, 3.63) is 53.1 Å². The molecule has 1 aliphatic rings. The summed E-state index contributed by atoms with van der Waals surface area (Å²) in [5, 5.41) is 9.11. The van der Waals surface area contributed by atoms with Crippen molar-refractivity contribution < 1.29 is 31.9 Å². The number of hydrogen-bond donors (Lipinski definition) is 1. The Morgan fingerprint density at radius 3 is 2.67 bits per heavy atom. The second kappa shape index (κ2) is 7.28. The molecule has 0 fully saturated rings. The third-order valence-corrected chi connectivity index (χ3v) is 4.73. The van der Waals surface area contributed by atoms with E-state index in [0.29, 0.717) is 12.8 Å². The Hall–Kier alpha value is -2.45. The van der Waals surface area contributed by atoms with Crippen molar-refractivity contribution in [2.75, 3.05) is 0 Å². The molecule has 9 heteroatoms. The number of hydrogen-bond acceptors (Lipinski definition) is 2. The van der Waals surface area contributed by atoms with Crippen molar-refractivity contribution in [1.82, 2.24) is 9.55 Å². The minimum atomic E-state index is -4.45. The molecule has 1 aliphatic heterocycles. The summed E-state index contributed by atoms with van der Waals surface area (Å²) < 4.78 is 67.3. The minimum Gasteiger partial charge on any atom is -0.481 e. The first-order chi connectivity index (χ1) is 12.6. The van der Waals surface area contributed by atoms with Crippen molar-refractivity contribution >= 4 is 5.97 Å². The molecule has 146 valence electrons. The van der Waals surface area contributed by atoms with Gasteiger partial charge in [-0.3, -0.25) is 4.79 Å². The molecule has 2 atom stereocenters. The molecule has 0 amide bonds. The number of benzene rings is 1. The van der Waals surface area contributed by atoms with Gasteiger partial charge in [0.05, 0.1) is 18.5 Å². The Kier molecular flexibility index (Phi) is 5.21. The van der Waals surface area contributed by atoms with Gasteiger partial charge < -0.3 is 9.67 Å². The van der Waals surface area contributed by atoms with Crippen LogP contribution in [0.5, 0.6) is 0 Å². The fourth-order valence-corrected chi connectivity index (χ4v) is 3.60. The summed E-state index contributed by atoms with van der Waals surface area (Å²) in [7, 11) is 0. The van der Waals surface area contributed by atoms with E-state index < -0.39 is 42.0 Å². The van der Waals surface area contributed by atoms with Crippen LogP contribution in [-0.2, 0) is 17.8 Å². The van der Waals surface area contributed by atoms with Gasteiger partial charge in [-0.1, -0.05) is 12.1 Å². The van der Waals surface area contributed by atoms with E-state index in [-0.39, 0.29) is 30.0 Å². The zero-order valence-electron chi connectivity index (χ0n) is 14.1. The molecule has 0 radical (unpaired) electrons. The second-order valence-corrected chi connectivity index (χ2v) is 6.75. The first-order valence-electron chi connectivity index (χ1n) is 8.42. The maximum Gasteiger partial charge on any atom is 0.394 e. The van der Waals surface area contributed by atoms with E-state index in [0.717, 1.165) is 6.07 Å². The number of carboxylic acids is 1. The van der Waals surface area contributed by atoms with E-state index in [2.05, 4.69) is 4.98 Å². The predicted molar refractivity (Wildman–Crippen MR) is 85.3 cm³/mol. The fraction of sp³-hybridized carbons (Fsp3) is 0.444. The number of alkyl halides is 3. The van der Waals surface area contributed by atoms with Gasteiger partial charge in [-0.25, -0.2) is 13.8 Å². The monoisotopic (exact) mass is 388 g/mol. The summed E-state index contributed by atoms with van der Waals surface area (Å²) >= 11 is 0. The van der Waals surface area contributed by atoms with E-state index >= 15 is 0 Å². The van der Waals surface area contributed by atoms with Crippen molar-refractivity contribution in [3.63, 3.8) is 0 Å². The van der Waals surface area contributed by atoms with Gasteiger partial charge in [0.2, 0.25) is 0 Å². The molecule has 1 N–H and O–H groups in total. The average Bonchev–Trinajstić information content (AvgIpc) is 2.85. The highest BCUT2D eigenvalue weighted by Gasteiger charge is 2.33. The maximum atomic E-state index is 14.2. The van der Waals surface area contributed by atoms with Crippen LogP contribution in [0.15, 0.2) is 24.4 Å². The third kappa shape index (κ3) is 4.45. The number of aromatic nitrogens is 2. The highest BCUT2D eigenvalue weighted by Crippen LogP contribution is 2.37. The molecule has 0 bridgehead atoms. The number of carboxylic acid groups (broad SMARTS) is 1. The number of rotatable bonds is 4. The molecular formula is C18H17F5N2O2. The molecule has 0 saturated carbocycles. The minimum absolute atomic E-state index is 0.108. The van der Waals surface area contributed by atoms with Gasteiger partial charge in [-0.15, -0.1) is 0 Å². The number of fused-ring (bicyclic) bond motifs is 1. The number of nitrogens with zero attached hydrogens (tertiary/aromatic N) is 2. The largest absolute Gasteiger partial charge is 0.481 e. The van der Waals surface area contributed by atoms with Crippen LogP contribution < -0.4 is 0 Å². The molecule has 0 saturated heterocycles. The first kappa shape index (κ1) is 19.3. The lowest BCUT2D eigenvalue weighted by Crippen LogP contribution is -2.12. The predicted octanol–water partition coefficient (Wildman–Crippen LogP) is 4.40. The Labute approximate surface area is 151 Å². The van der Waals surface area contributed by atoms with Gasteiger partial charge in [-0.05, 0) is 24.5 Å². The van der Waals surface area contributed by atoms with Gasteiger partial charge >= 0.3 is 12.1 Å². The fourth-order valence-electron chi connectivity index (χ4n) is 3.60. The van der Waals surface area contributed by atoms with E-state index in [1.165, 1.54) is 22.9 Å². The maximum absolute atomic E-state index is 14.2. The SMILES string of the molecule is O=C(O)C[C@@H]1CC[C@@H](c2cccc(F)c2F)Cn2cc(CC(F)(F)F)nc21. The summed E-state index contributed by atoms with van der Waals surface area (Å²) in [6, 6.07) is 3.80. The molecule has 2 heterocycles. The smallest absolute Gasteiger partial charge is 0.394 e. The van der Waals surface area contributed by atoms with Crippen LogP contribution in [0.3, 0.4) is 0 Å². The molecular weight excluding hydrogens is 371 g/mol. The molecule has 4 nitrogen and oxygen atoms in total. The quantitative estimate of drug-likeness (QED) is 0.790. The summed E-state index contributed by atoms with van der Waals surface area (Å²) in [5.41, 5.74) is -0.0868. The second-order valence-electron chi connectivity index (χ2n) is 6.75. The highest BCUT2D eigenvalue weighted by atomic mass is 19.4. The zero-order chi connectivity index (χ0) is 19.8. The van der Waals surface area contributed by atoms with Crippen LogP contribution in [0.25, 0.3) is 0 Å². The Morgan fingerprint density at radius 1 is 1.26 bits per heavy atom. The lowest BCUT2D eigenvalue weighted by molar-refractivity contribution is -0.137. The summed E-state index contributed by atoms with van der Waals surface area (Å²) in [6.07, 6.45) is -4.07. The van der Waals surface area contributed by atoms with E-state index in [4.69, 9.17) is 5.11 Å². The lowest BCUT2D eigenvalue weighted by Gasteiger charge is -2.17. The molecule has 3 rings (SSSR count). The molecule has 0 unspecified atom stereocenters. The van der Waals surface area contributed by atoms with Gasteiger partial charge in [0.25, 0.3) is 0 Å². The molecule has 27 heavy (non-hydrogen) atoms. The van der Waals surface area contributed by atoms with Crippen LogP contribution in [0, 0.1) is 11.6 Å². The van der Waals surface area contributed by atoms with Gasteiger partial charge in [0.15, 0.2) is 11.6 Å². The van der Waals surface area contributed by atoms with Crippen molar-refractivity contribution in [2.45, 2.75) is 50.2 Å². The van der Waals surface area contributed by atoms with Crippen LogP contribution in [0.2, 0.25) is 0 Å². The van der Waals surface area contributed by atoms with E-state index in [1.54, 1.807) is 0 Å². The molecule has 1 aromatic heterocycles. The zero-order valence-corrected chi connectivity index (χ0v) is 14.1. The summed E-state index contributed by atoms with van der Waals surface area (Å²) in [4.78, 5) is 15.2. The highest BCUT2D eigenvalue weighted by molar-refractivity contribution is 5.67. The molecule has 2 aromatic rings. The van der Waals surface area contributed by atoms with E-state index in [1.807, 2.05) is 0 Å². The summed E-state index contributed by atoms with van der Waals surface area (Å²) in [6.45, 7) is 0.108. The lowest BCUT2D eigenvalue weighted by atomic mass is 9.90. The van der Waals surface area contributed by atoms with Crippen molar-refractivity contribution in [3.8, 4) is 0 Å². The Balaban J connectivity index is 1.97. The van der Waals surface area contributed by atoms with Crippen molar-refractivity contribution in [2.24, 2.45) is 0 Å². The third-order valence-electron chi connectivity index (χ3n) is 4.73. The van der Waals surface area contributed by atoms with Crippen molar-refractivity contribution in [1.29, 1.82) is 0 Å². The molecule has 0 aliphatic carbocycles. The average molecular weight is 388 g/mol. The first-order valence-corrected chi connectivity index (χ1v) is 8.42. The Bertz CT molecular complexity index is 847. The standard InChI is InChI=1S/C18H17F5N2O2/c19-14-3-1-2-13(16(14)20)11-5-4-10(6-15(26)27)17-24-12(7-18(21,22)23)9-25(17)8-11/h1-3,9-11H,4-8H2,(H,26,27)/t10-,11+/m0/s1. The summed E-state index contributed by atoms with van der Waals surface area (Å²) in [5.74, 6) is -3.92. The van der Waals surface area contributed by atoms with Crippen LogP contribution in [-0.4, -0.2) is 26.8 Å². The van der Waals surface area contributed by atoms with Crippen LogP contribution in [0.1, 0.15) is 48.2 Å². The number of halogens is 5. The number of aliphatic carboxylic acids is 1. The number of carbonyl (C=O) groups is 1. The molecule has 0 spiro atoms. The van der Waals surface area contributed by atoms with Gasteiger partial charge in [-0.2, -0.15) is 13.2 Å². The van der Waals surface area contributed by atoms with Gasteiger partial charge in [0.1, 0.15) is 5.82 Å². The normalized spacial score (nSPS) is 20.2. The van der Waals surface area contributed by atoms with Crippen LogP contribution in [0.4, 0.5) is 22.0 Å². The van der Waals surface area contributed by atoms with Gasteiger partial charge in [0, 0.05) is 24.6 Å². The van der Waals surface area contributed by atoms with E-state index in [9.17, 15) is 26.7 Å². The Morgan fingerprint density at radius 2 is 2.00 bits per heavy atom. The number of imidazole rings is 1. The molecule has 1 aromatic carbocycles.